The first-order valence-corrected chi connectivity index (χ1v) is 5.62. The van der Waals surface area contributed by atoms with E-state index >= 15 is 0 Å². The smallest absolute Gasteiger partial charge is 0.0587 e. The number of nitrogen functional groups attached to an aromatic ring is 1. The Morgan fingerprint density at radius 3 is 2.44 bits per heavy atom. The van der Waals surface area contributed by atoms with Crippen molar-refractivity contribution in [3.8, 4) is 0 Å². The fourth-order valence-corrected chi connectivity index (χ4v) is 1.61. The van der Waals surface area contributed by atoms with Gasteiger partial charge in [0.2, 0.25) is 0 Å². The monoisotopic (exact) mass is 222 g/mol. The van der Waals surface area contributed by atoms with Crippen molar-refractivity contribution in [3.05, 3.63) is 29.8 Å². The summed E-state index contributed by atoms with van der Waals surface area (Å²) in [6.07, 6.45) is 0. The molecule has 0 aliphatic rings. The number of nitrogens with one attached hydrogen (secondary N) is 1. The zero-order valence-corrected chi connectivity index (χ0v) is 10.4. The molecule has 0 amide bonds. The Kier molecular flexibility index (Phi) is 4.77. The van der Waals surface area contributed by atoms with Crippen LogP contribution < -0.4 is 11.1 Å². The third-order valence-corrected chi connectivity index (χ3v) is 2.74. The zero-order chi connectivity index (χ0) is 12.0. The van der Waals surface area contributed by atoms with Crippen molar-refractivity contribution in [2.75, 3.05) is 32.5 Å². The van der Waals surface area contributed by atoms with Crippen LogP contribution in [0.1, 0.15) is 19.4 Å². The van der Waals surface area contributed by atoms with E-state index in [1.54, 1.807) is 7.11 Å². The summed E-state index contributed by atoms with van der Waals surface area (Å²) in [5.41, 5.74) is 7.90. The van der Waals surface area contributed by atoms with Gasteiger partial charge < -0.3 is 15.8 Å². The van der Waals surface area contributed by atoms with Gasteiger partial charge in [-0.2, -0.15) is 0 Å². The van der Waals surface area contributed by atoms with E-state index < -0.39 is 0 Å². The van der Waals surface area contributed by atoms with Gasteiger partial charge in [0, 0.05) is 31.3 Å². The Labute approximate surface area is 98.0 Å². The molecule has 0 heterocycles. The predicted molar refractivity (Wildman–Crippen MR) is 68.6 cm³/mol. The molecular formula is C13H22N2O. The number of nitrogens with two attached hydrogens (primary N) is 1. The maximum absolute atomic E-state index is 5.68. The minimum absolute atomic E-state index is 0.113. The summed E-state index contributed by atoms with van der Waals surface area (Å²) in [5.74, 6) is 0. The molecule has 1 aromatic carbocycles. The Morgan fingerprint density at radius 1 is 1.25 bits per heavy atom. The number of anilines is 1. The van der Waals surface area contributed by atoms with Crippen molar-refractivity contribution in [2.45, 2.75) is 19.3 Å². The number of rotatable bonds is 6. The molecule has 0 bridgehead atoms. The number of hydrogen-bond donors (Lipinski definition) is 2. The molecule has 0 atom stereocenters. The predicted octanol–water partition coefficient (Wildman–Crippen LogP) is 1.78. The third kappa shape index (κ3) is 3.83. The molecule has 0 aliphatic heterocycles. The molecule has 16 heavy (non-hydrogen) atoms. The Hall–Kier alpha value is -1.06. The molecule has 0 saturated heterocycles. The van der Waals surface area contributed by atoms with Gasteiger partial charge in [-0.15, -0.1) is 0 Å². The summed E-state index contributed by atoms with van der Waals surface area (Å²) < 4.78 is 5.00. The highest BCUT2D eigenvalue weighted by molar-refractivity contribution is 5.41. The van der Waals surface area contributed by atoms with Gasteiger partial charge in [-0.05, 0) is 17.7 Å². The van der Waals surface area contributed by atoms with E-state index in [1.165, 1.54) is 5.56 Å². The second-order valence-electron chi connectivity index (χ2n) is 4.68. The van der Waals surface area contributed by atoms with Crippen molar-refractivity contribution < 1.29 is 4.74 Å². The highest BCUT2D eigenvalue weighted by Gasteiger charge is 2.19. The van der Waals surface area contributed by atoms with E-state index in [0.29, 0.717) is 0 Å². The molecular weight excluding hydrogens is 200 g/mol. The lowest BCUT2D eigenvalue weighted by atomic mass is 9.84. The van der Waals surface area contributed by atoms with Crippen molar-refractivity contribution in [1.82, 2.24) is 5.32 Å². The zero-order valence-electron chi connectivity index (χ0n) is 10.4. The Morgan fingerprint density at radius 2 is 1.88 bits per heavy atom. The lowest BCUT2D eigenvalue weighted by molar-refractivity contribution is 0.197. The normalized spacial score (nSPS) is 11.7. The second-order valence-corrected chi connectivity index (χ2v) is 4.68. The summed E-state index contributed by atoms with van der Waals surface area (Å²) in [7, 11) is 1.72. The van der Waals surface area contributed by atoms with Crippen LogP contribution in [0.25, 0.3) is 0 Å². The molecule has 0 aliphatic carbocycles. The van der Waals surface area contributed by atoms with E-state index in [1.807, 2.05) is 12.1 Å². The average Bonchev–Trinajstić information content (AvgIpc) is 2.25. The molecule has 0 aromatic heterocycles. The minimum atomic E-state index is 0.113. The second kappa shape index (κ2) is 5.87. The van der Waals surface area contributed by atoms with Crippen LogP contribution in [0.2, 0.25) is 0 Å². The molecule has 0 saturated carbocycles. The lowest BCUT2D eigenvalue weighted by Crippen LogP contribution is -2.34. The van der Waals surface area contributed by atoms with Gasteiger partial charge >= 0.3 is 0 Å². The van der Waals surface area contributed by atoms with Gasteiger partial charge in [-0.25, -0.2) is 0 Å². The fourth-order valence-electron chi connectivity index (χ4n) is 1.61. The van der Waals surface area contributed by atoms with Crippen LogP contribution in [0, 0.1) is 0 Å². The van der Waals surface area contributed by atoms with Gasteiger partial charge in [0.05, 0.1) is 6.61 Å². The molecule has 0 unspecified atom stereocenters. The highest BCUT2D eigenvalue weighted by atomic mass is 16.5. The van der Waals surface area contributed by atoms with Gasteiger partial charge in [-0.3, -0.25) is 0 Å². The van der Waals surface area contributed by atoms with Crippen LogP contribution in [0.4, 0.5) is 5.69 Å². The van der Waals surface area contributed by atoms with E-state index in [4.69, 9.17) is 10.5 Å². The number of benzene rings is 1. The fraction of sp³-hybridized carbons (Fsp3) is 0.538. The highest BCUT2D eigenvalue weighted by Crippen LogP contribution is 2.22. The van der Waals surface area contributed by atoms with Crippen molar-refractivity contribution >= 4 is 5.69 Å². The molecule has 0 spiro atoms. The SMILES string of the molecule is COCCNCC(C)(C)c1ccc(N)cc1. The quantitative estimate of drug-likeness (QED) is 0.570. The van der Waals surface area contributed by atoms with Gasteiger partial charge in [0.25, 0.3) is 0 Å². The molecule has 3 N–H and O–H groups in total. The molecule has 0 radical (unpaired) electrons. The first kappa shape index (κ1) is 13.0. The summed E-state index contributed by atoms with van der Waals surface area (Å²) in [6.45, 7) is 7.00. The number of ether oxygens (including phenoxy) is 1. The average molecular weight is 222 g/mol. The first-order valence-electron chi connectivity index (χ1n) is 5.62. The van der Waals surface area contributed by atoms with E-state index in [2.05, 4.69) is 31.3 Å². The van der Waals surface area contributed by atoms with Crippen LogP contribution in [0.15, 0.2) is 24.3 Å². The van der Waals surface area contributed by atoms with Crippen LogP contribution in [0.5, 0.6) is 0 Å². The third-order valence-electron chi connectivity index (χ3n) is 2.74. The lowest BCUT2D eigenvalue weighted by Gasteiger charge is -2.25. The van der Waals surface area contributed by atoms with Gasteiger partial charge in [0.1, 0.15) is 0 Å². The Bertz CT molecular complexity index is 306. The van der Waals surface area contributed by atoms with Crippen molar-refractivity contribution in [2.24, 2.45) is 0 Å². The number of hydrogen-bond acceptors (Lipinski definition) is 3. The van der Waals surface area contributed by atoms with E-state index in [0.717, 1.165) is 25.4 Å². The standard InChI is InChI=1S/C13H22N2O/c1-13(2,10-15-8-9-16-3)11-4-6-12(14)7-5-11/h4-7,15H,8-10,14H2,1-3H3. The summed E-state index contributed by atoms with van der Waals surface area (Å²) >= 11 is 0. The van der Waals surface area contributed by atoms with Crippen LogP contribution in [0.3, 0.4) is 0 Å². The maximum Gasteiger partial charge on any atom is 0.0587 e. The van der Waals surface area contributed by atoms with Crippen molar-refractivity contribution in [1.29, 1.82) is 0 Å². The van der Waals surface area contributed by atoms with Crippen molar-refractivity contribution in [3.63, 3.8) is 0 Å². The van der Waals surface area contributed by atoms with Crippen LogP contribution in [-0.2, 0) is 10.2 Å². The molecule has 0 fully saturated rings. The first-order chi connectivity index (χ1) is 7.56. The van der Waals surface area contributed by atoms with Crippen LogP contribution >= 0.6 is 0 Å². The summed E-state index contributed by atoms with van der Waals surface area (Å²) in [5, 5.41) is 3.38. The molecule has 3 heteroatoms. The summed E-state index contributed by atoms with van der Waals surface area (Å²) in [6, 6.07) is 8.08. The van der Waals surface area contributed by atoms with E-state index in [9.17, 15) is 0 Å². The van der Waals surface area contributed by atoms with Crippen LogP contribution in [-0.4, -0.2) is 26.8 Å². The molecule has 90 valence electrons. The maximum atomic E-state index is 5.68. The van der Waals surface area contributed by atoms with Gasteiger partial charge in [-0.1, -0.05) is 26.0 Å². The van der Waals surface area contributed by atoms with E-state index in [-0.39, 0.29) is 5.41 Å². The largest absolute Gasteiger partial charge is 0.399 e. The molecule has 3 nitrogen and oxygen atoms in total. The molecule has 1 aromatic rings. The minimum Gasteiger partial charge on any atom is -0.399 e. The summed E-state index contributed by atoms with van der Waals surface area (Å²) in [4.78, 5) is 0. The van der Waals surface area contributed by atoms with Gasteiger partial charge in [0.15, 0.2) is 0 Å². The topological polar surface area (TPSA) is 47.3 Å². The Balaban J connectivity index is 2.52. The molecule has 1 rings (SSSR count). The number of methoxy groups -OCH3 is 1.